The zero-order valence-corrected chi connectivity index (χ0v) is 11.9. The fourth-order valence-corrected chi connectivity index (χ4v) is 3.60. The van der Waals surface area contributed by atoms with Crippen molar-refractivity contribution < 1.29 is 17.5 Å². The summed E-state index contributed by atoms with van der Waals surface area (Å²) in [6.45, 7) is 0.974. The molecule has 0 aromatic heterocycles. The second kappa shape index (κ2) is 6.76. The molecule has 18 heavy (non-hydrogen) atoms. The van der Waals surface area contributed by atoms with Crippen molar-refractivity contribution in [2.24, 2.45) is 0 Å². The van der Waals surface area contributed by atoms with Gasteiger partial charge >= 0.3 is 0 Å². The number of nitrogens with one attached hydrogen (secondary N) is 1. The maximum atomic E-state index is 13.4. The van der Waals surface area contributed by atoms with Crippen LogP contribution in [0.2, 0.25) is 0 Å². The summed E-state index contributed by atoms with van der Waals surface area (Å²) in [6.07, 6.45) is -0.841. The molecule has 0 aromatic rings. The van der Waals surface area contributed by atoms with E-state index in [-0.39, 0.29) is 25.6 Å². The summed E-state index contributed by atoms with van der Waals surface area (Å²) in [4.78, 5) is 0. The van der Waals surface area contributed by atoms with E-state index in [1.165, 1.54) is 22.8 Å². The Labute approximate surface area is 108 Å². The van der Waals surface area contributed by atoms with Gasteiger partial charge in [-0.3, -0.25) is 0 Å². The Hall–Kier alpha value is -0.280. The SMILES string of the molecule is CNC[C@@H]1C[C@H](F)CN1S(=O)(=O)N(C)CCOC. The second-order valence-electron chi connectivity index (χ2n) is 4.44. The van der Waals surface area contributed by atoms with Crippen LogP contribution in [0.4, 0.5) is 4.39 Å². The van der Waals surface area contributed by atoms with Gasteiger partial charge in [0, 0.05) is 39.8 Å². The van der Waals surface area contributed by atoms with Gasteiger partial charge in [0.25, 0.3) is 10.2 Å². The molecule has 2 atom stereocenters. The Bertz CT molecular complexity index is 352. The van der Waals surface area contributed by atoms with Crippen molar-refractivity contribution in [3.63, 3.8) is 0 Å². The molecule has 0 spiro atoms. The third kappa shape index (κ3) is 3.61. The zero-order chi connectivity index (χ0) is 13.8. The van der Waals surface area contributed by atoms with E-state index in [1.54, 1.807) is 7.05 Å². The fourth-order valence-electron chi connectivity index (χ4n) is 2.05. The molecule has 0 aromatic carbocycles. The van der Waals surface area contributed by atoms with Crippen molar-refractivity contribution in [1.82, 2.24) is 13.9 Å². The highest BCUT2D eigenvalue weighted by Crippen LogP contribution is 2.24. The predicted molar refractivity (Wildman–Crippen MR) is 67.4 cm³/mol. The molecule has 1 heterocycles. The van der Waals surface area contributed by atoms with E-state index in [1.807, 2.05) is 0 Å². The molecule has 0 unspecified atom stereocenters. The van der Waals surface area contributed by atoms with Crippen LogP contribution >= 0.6 is 0 Å². The summed E-state index contributed by atoms with van der Waals surface area (Å²) >= 11 is 0. The highest BCUT2D eigenvalue weighted by Gasteiger charge is 2.40. The number of nitrogens with zero attached hydrogens (tertiary/aromatic N) is 2. The summed E-state index contributed by atoms with van der Waals surface area (Å²) in [7, 11) is 1.11. The number of rotatable bonds is 7. The molecule has 1 saturated heterocycles. The number of hydrogen-bond donors (Lipinski definition) is 1. The van der Waals surface area contributed by atoms with Gasteiger partial charge in [0.15, 0.2) is 0 Å². The molecule has 1 fully saturated rings. The lowest BCUT2D eigenvalue weighted by Crippen LogP contribution is -2.48. The third-order valence-corrected chi connectivity index (χ3v) is 5.06. The van der Waals surface area contributed by atoms with Crippen molar-refractivity contribution in [2.75, 3.05) is 47.4 Å². The largest absolute Gasteiger partial charge is 0.383 e. The topological polar surface area (TPSA) is 61.9 Å². The first-order chi connectivity index (χ1) is 8.43. The zero-order valence-electron chi connectivity index (χ0n) is 11.1. The summed E-state index contributed by atoms with van der Waals surface area (Å²) in [6, 6.07) is -0.319. The van der Waals surface area contributed by atoms with Crippen LogP contribution in [0, 0.1) is 0 Å². The predicted octanol–water partition coefficient (Wildman–Crippen LogP) is -0.559. The Balaban J connectivity index is 2.76. The van der Waals surface area contributed by atoms with Crippen LogP contribution in [0.3, 0.4) is 0 Å². The average Bonchev–Trinajstić information content (AvgIpc) is 2.68. The van der Waals surface area contributed by atoms with Gasteiger partial charge in [0.05, 0.1) is 6.61 Å². The first kappa shape index (κ1) is 15.8. The number of methoxy groups -OCH3 is 1. The molecule has 0 radical (unpaired) electrons. The van der Waals surface area contributed by atoms with Crippen molar-refractivity contribution in [3.8, 4) is 0 Å². The average molecular weight is 283 g/mol. The van der Waals surface area contributed by atoms with Crippen LogP contribution in [0.5, 0.6) is 0 Å². The Kier molecular flexibility index (Phi) is 5.93. The number of halogens is 1. The first-order valence-electron chi connectivity index (χ1n) is 5.94. The van der Waals surface area contributed by atoms with Crippen LogP contribution in [-0.2, 0) is 14.9 Å². The van der Waals surface area contributed by atoms with Gasteiger partial charge < -0.3 is 10.1 Å². The monoisotopic (exact) mass is 283 g/mol. The molecular weight excluding hydrogens is 261 g/mol. The molecule has 0 saturated carbocycles. The van der Waals surface area contributed by atoms with Crippen LogP contribution in [0.25, 0.3) is 0 Å². The van der Waals surface area contributed by atoms with Crippen molar-refractivity contribution in [2.45, 2.75) is 18.6 Å². The van der Waals surface area contributed by atoms with E-state index >= 15 is 0 Å². The molecule has 0 amide bonds. The summed E-state index contributed by atoms with van der Waals surface area (Å²) in [5.41, 5.74) is 0. The Morgan fingerprint density at radius 1 is 1.56 bits per heavy atom. The van der Waals surface area contributed by atoms with E-state index in [9.17, 15) is 12.8 Å². The molecule has 0 aliphatic carbocycles. The summed E-state index contributed by atoms with van der Waals surface area (Å²) < 4.78 is 45.3. The Morgan fingerprint density at radius 3 is 2.78 bits per heavy atom. The van der Waals surface area contributed by atoms with E-state index in [0.29, 0.717) is 13.2 Å². The minimum Gasteiger partial charge on any atom is -0.383 e. The summed E-state index contributed by atoms with van der Waals surface area (Å²) in [5.74, 6) is 0. The van der Waals surface area contributed by atoms with Gasteiger partial charge in [-0.25, -0.2) is 4.39 Å². The van der Waals surface area contributed by atoms with Crippen LogP contribution in [0.15, 0.2) is 0 Å². The molecule has 108 valence electrons. The van der Waals surface area contributed by atoms with E-state index in [4.69, 9.17) is 4.74 Å². The maximum absolute atomic E-state index is 13.4. The molecule has 1 rings (SSSR count). The molecule has 1 aliphatic heterocycles. The Morgan fingerprint density at radius 2 is 2.22 bits per heavy atom. The number of hydrogen-bond acceptors (Lipinski definition) is 4. The lowest BCUT2D eigenvalue weighted by atomic mass is 10.2. The van der Waals surface area contributed by atoms with Crippen molar-refractivity contribution >= 4 is 10.2 Å². The van der Waals surface area contributed by atoms with Gasteiger partial charge in [0.2, 0.25) is 0 Å². The van der Waals surface area contributed by atoms with Gasteiger partial charge in [-0.05, 0) is 13.5 Å². The molecule has 1 aliphatic rings. The lowest BCUT2D eigenvalue weighted by molar-refractivity contribution is 0.181. The van der Waals surface area contributed by atoms with Crippen molar-refractivity contribution in [1.29, 1.82) is 0 Å². The quantitative estimate of drug-likeness (QED) is 0.680. The van der Waals surface area contributed by atoms with E-state index < -0.39 is 16.4 Å². The van der Waals surface area contributed by atoms with E-state index in [0.717, 1.165) is 0 Å². The molecule has 6 nitrogen and oxygen atoms in total. The minimum absolute atomic E-state index is 0.0635. The van der Waals surface area contributed by atoms with Gasteiger partial charge in [-0.2, -0.15) is 17.0 Å². The standard InChI is InChI=1S/C10H22FN3O3S/c1-12-7-10-6-9(11)8-14(10)18(15,16)13(2)4-5-17-3/h9-10,12H,4-8H2,1-3H3/t9-,10-/m0/s1. The fraction of sp³-hybridized carbons (Fsp3) is 1.00. The molecule has 8 heteroatoms. The normalized spacial score (nSPS) is 26.1. The number of alkyl halides is 1. The van der Waals surface area contributed by atoms with Gasteiger partial charge in [-0.15, -0.1) is 0 Å². The van der Waals surface area contributed by atoms with Crippen molar-refractivity contribution in [3.05, 3.63) is 0 Å². The molecule has 0 bridgehead atoms. The first-order valence-corrected chi connectivity index (χ1v) is 7.34. The summed E-state index contributed by atoms with van der Waals surface area (Å²) in [5, 5.41) is 2.90. The highest BCUT2D eigenvalue weighted by atomic mass is 32.2. The minimum atomic E-state index is -3.61. The maximum Gasteiger partial charge on any atom is 0.282 e. The van der Waals surface area contributed by atoms with Crippen LogP contribution in [-0.4, -0.2) is 76.7 Å². The smallest absolute Gasteiger partial charge is 0.282 e. The number of likely N-dealkylation sites (N-methyl/N-ethyl adjacent to an activating group) is 2. The third-order valence-electron chi connectivity index (χ3n) is 3.05. The van der Waals surface area contributed by atoms with Gasteiger partial charge in [-0.1, -0.05) is 0 Å². The number of ether oxygens (including phenoxy) is 1. The molecule has 1 N–H and O–H groups in total. The van der Waals surface area contributed by atoms with Gasteiger partial charge in [0.1, 0.15) is 6.17 Å². The lowest BCUT2D eigenvalue weighted by Gasteiger charge is -2.28. The molecular formula is C10H22FN3O3S. The second-order valence-corrected chi connectivity index (χ2v) is 6.42. The van der Waals surface area contributed by atoms with Crippen LogP contribution < -0.4 is 5.32 Å². The highest BCUT2D eigenvalue weighted by molar-refractivity contribution is 7.86. The van der Waals surface area contributed by atoms with Crippen LogP contribution in [0.1, 0.15) is 6.42 Å². The van der Waals surface area contributed by atoms with E-state index in [2.05, 4.69) is 5.32 Å².